The molecule has 0 spiro atoms. The molecule has 0 unspecified atom stereocenters. The Hall–Kier alpha value is -2.13. The lowest BCUT2D eigenvalue weighted by atomic mass is 10.2. The molecule has 2 rings (SSSR count). The molecule has 2 aromatic rings. The van der Waals surface area contributed by atoms with Crippen molar-refractivity contribution < 1.29 is 14.3 Å². The molecular formula is C17H18O3. The van der Waals surface area contributed by atoms with Crippen LogP contribution in [0.5, 0.6) is 0 Å². The van der Waals surface area contributed by atoms with E-state index in [0.717, 1.165) is 11.1 Å². The summed E-state index contributed by atoms with van der Waals surface area (Å²) >= 11 is 0. The van der Waals surface area contributed by atoms with Gasteiger partial charge >= 0.3 is 5.97 Å². The maximum absolute atomic E-state index is 11.8. The minimum absolute atomic E-state index is 0.276. The largest absolute Gasteiger partial charge is 0.459 e. The number of esters is 1. The molecule has 0 saturated carbocycles. The fraction of sp³-hybridized carbons (Fsp3) is 0.235. The Labute approximate surface area is 119 Å². The lowest BCUT2D eigenvalue weighted by molar-refractivity contribution is -0.158. The second-order valence-electron chi connectivity index (χ2n) is 4.53. The topological polar surface area (TPSA) is 35.5 Å². The van der Waals surface area contributed by atoms with Crippen LogP contribution < -0.4 is 0 Å². The molecular weight excluding hydrogens is 252 g/mol. The van der Waals surface area contributed by atoms with E-state index in [9.17, 15) is 4.79 Å². The molecule has 0 amide bonds. The molecule has 3 nitrogen and oxygen atoms in total. The smallest absolute Gasteiger partial charge is 0.335 e. The van der Waals surface area contributed by atoms with Crippen LogP contribution in [0.2, 0.25) is 0 Å². The predicted octanol–water partition coefficient (Wildman–Crippen LogP) is 3.34. The average Bonchev–Trinajstić information content (AvgIpc) is 2.52. The lowest BCUT2D eigenvalue weighted by Crippen LogP contribution is -2.23. The van der Waals surface area contributed by atoms with E-state index in [1.165, 1.54) is 0 Å². The summed E-state index contributed by atoms with van der Waals surface area (Å²) in [5.41, 5.74) is 2.01. The van der Waals surface area contributed by atoms with Crippen LogP contribution in [0, 0.1) is 0 Å². The number of carbonyl (C=O) groups is 1. The molecule has 2 aromatic carbocycles. The number of benzene rings is 2. The molecule has 0 aliphatic carbocycles. The van der Waals surface area contributed by atoms with Gasteiger partial charge in [0.05, 0.1) is 6.61 Å². The van der Waals surface area contributed by atoms with Crippen LogP contribution in [0.1, 0.15) is 18.1 Å². The Morgan fingerprint density at radius 2 is 1.40 bits per heavy atom. The number of hydrogen-bond donors (Lipinski definition) is 0. The minimum Gasteiger partial charge on any atom is -0.459 e. The van der Waals surface area contributed by atoms with Gasteiger partial charge in [-0.2, -0.15) is 0 Å². The van der Waals surface area contributed by atoms with E-state index in [4.69, 9.17) is 9.47 Å². The number of hydrogen-bond acceptors (Lipinski definition) is 3. The molecule has 0 aromatic heterocycles. The number of carbonyl (C=O) groups excluding carboxylic acids is 1. The van der Waals surface area contributed by atoms with Crippen LogP contribution in [-0.4, -0.2) is 12.1 Å². The molecule has 0 radical (unpaired) electrons. The Morgan fingerprint density at radius 3 is 1.95 bits per heavy atom. The van der Waals surface area contributed by atoms with E-state index in [0.29, 0.717) is 6.61 Å². The van der Waals surface area contributed by atoms with Crippen molar-refractivity contribution in [3.05, 3.63) is 71.8 Å². The van der Waals surface area contributed by atoms with E-state index < -0.39 is 6.10 Å². The Kier molecular flexibility index (Phi) is 5.33. The summed E-state index contributed by atoms with van der Waals surface area (Å²) < 4.78 is 10.7. The third-order valence-electron chi connectivity index (χ3n) is 2.90. The molecule has 0 bridgehead atoms. The van der Waals surface area contributed by atoms with Crippen molar-refractivity contribution >= 4 is 5.97 Å². The summed E-state index contributed by atoms with van der Waals surface area (Å²) in [5, 5.41) is 0. The van der Waals surface area contributed by atoms with E-state index in [1.807, 2.05) is 60.7 Å². The highest BCUT2D eigenvalue weighted by Crippen LogP contribution is 2.06. The molecule has 0 saturated heterocycles. The second kappa shape index (κ2) is 7.46. The summed E-state index contributed by atoms with van der Waals surface area (Å²) in [6.07, 6.45) is -0.570. The van der Waals surface area contributed by atoms with Crippen molar-refractivity contribution in [3.8, 4) is 0 Å². The molecule has 0 aliphatic heterocycles. The highest BCUT2D eigenvalue weighted by atomic mass is 16.6. The zero-order valence-electron chi connectivity index (χ0n) is 11.5. The van der Waals surface area contributed by atoms with Crippen molar-refractivity contribution in [2.24, 2.45) is 0 Å². The van der Waals surface area contributed by atoms with Gasteiger partial charge in [0.1, 0.15) is 6.61 Å². The van der Waals surface area contributed by atoms with Crippen molar-refractivity contribution in [2.45, 2.75) is 26.2 Å². The van der Waals surface area contributed by atoms with Crippen LogP contribution in [0.25, 0.3) is 0 Å². The van der Waals surface area contributed by atoms with Crippen molar-refractivity contribution in [1.82, 2.24) is 0 Å². The minimum atomic E-state index is -0.570. The molecule has 3 heteroatoms. The van der Waals surface area contributed by atoms with E-state index in [1.54, 1.807) is 6.92 Å². The van der Waals surface area contributed by atoms with Gasteiger partial charge in [-0.1, -0.05) is 60.7 Å². The fourth-order valence-corrected chi connectivity index (χ4v) is 1.71. The van der Waals surface area contributed by atoms with Crippen LogP contribution in [-0.2, 0) is 27.5 Å². The van der Waals surface area contributed by atoms with Gasteiger partial charge in [0.25, 0.3) is 0 Å². The van der Waals surface area contributed by atoms with Gasteiger partial charge < -0.3 is 9.47 Å². The van der Waals surface area contributed by atoms with Crippen LogP contribution in [0.3, 0.4) is 0 Å². The quantitative estimate of drug-likeness (QED) is 0.755. The average molecular weight is 270 g/mol. The summed E-state index contributed by atoms with van der Waals surface area (Å²) in [6.45, 7) is 2.39. The summed E-state index contributed by atoms with van der Waals surface area (Å²) in [7, 11) is 0. The zero-order chi connectivity index (χ0) is 14.2. The van der Waals surface area contributed by atoms with Gasteiger partial charge in [-0.05, 0) is 18.1 Å². The zero-order valence-corrected chi connectivity index (χ0v) is 11.5. The first-order valence-corrected chi connectivity index (χ1v) is 6.62. The van der Waals surface area contributed by atoms with E-state index >= 15 is 0 Å². The monoisotopic (exact) mass is 270 g/mol. The van der Waals surface area contributed by atoms with Gasteiger partial charge in [-0.25, -0.2) is 4.79 Å². The van der Waals surface area contributed by atoms with Crippen LogP contribution in [0.15, 0.2) is 60.7 Å². The Bertz CT molecular complexity index is 522. The molecule has 0 heterocycles. The second-order valence-corrected chi connectivity index (χ2v) is 4.53. The lowest BCUT2D eigenvalue weighted by Gasteiger charge is -2.12. The van der Waals surface area contributed by atoms with E-state index in [-0.39, 0.29) is 12.6 Å². The molecule has 1 atom stereocenters. The predicted molar refractivity (Wildman–Crippen MR) is 76.9 cm³/mol. The van der Waals surface area contributed by atoms with Gasteiger partial charge in [-0.15, -0.1) is 0 Å². The summed E-state index contributed by atoms with van der Waals surface area (Å²) in [6, 6.07) is 19.3. The van der Waals surface area contributed by atoms with Crippen molar-refractivity contribution in [3.63, 3.8) is 0 Å². The first-order chi connectivity index (χ1) is 9.75. The van der Waals surface area contributed by atoms with Crippen LogP contribution in [0.4, 0.5) is 0 Å². The third-order valence-corrected chi connectivity index (χ3v) is 2.90. The number of rotatable bonds is 6. The van der Waals surface area contributed by atoms with Gasteiger partial charge in [-0.3, -0.25) is 0 Å². The van der Waals surface area contributed by atoms with Gasteiger partial charge in [0.15, 0.2) is 6.10 Å². The standard InChI is InChI=1S/C17H18O3/c1-14(19-12-15-8-4-2-5-9-15)17(18)20-13-16-10-6-3-7-11-16/h2-11,14H,12-13H2,1H3/t14-/m0/s1. The van der Waals surface area contributed by atoms with E-state index in [2.05, 4.69) is 0 Å². The van der Waals surface area contributed by atoms with Crippen LogP contribution >= 0.6 is 0 Å². The molecule has 104 valence electrons. The number of ether oxygens (including phenoxy) is 2. The third kappa shape index (κ3) is 4.52. The maximum Gasteiger partial charge on any atom is 0.335 e. The van der Waals surface area contributed by atoms with Gasteiger partial charge in [0, 0.05) is 0 Å². The SMILES string of the molecule is C[C@H](OCc1ccccc1)C(=O)OCc1ccccc1. The van der Waals surface area contributed by atoms with Gasteiger partial charge in [0.2, 0.25) is 0 Å². The molecule has 20 heavy (non-hydrogen) atoms. The summed E-state index contributed by atoms with van der Waals surface area (Å²) in [5.74, 6) is -0.343. The van der Waals surface area contributed by atoms with Crippen molar-refractivity contribution in [2.75, 3.05) is 0 Å². The summed E-state index contributed by atoms with van der Waals surface area (Å²) in [4.78, 5) is 11.8. The Morgan fingerprint density at radius 1 is 0.900 bits per heavy atom. The molecule has 0 aliphatic rings. The molecule has 0 fully saturated rings. The molecule has 0 N–H and O–H groups in total. The Balaban J connectivity index is 1.75. The highest BCUT2D eigenvalue weighted by Gasteiger charge is 2.15. The van der Waals surface area contributed by atoms with Crippen molar-refractivity contribution in [1.29, 1.82) is 0 Å². The first kappa shape index (κ1) is 14.3. The fourth-order valence-electron chi connectivity index (χ4n) is 1.71. The highest BCUT2D eigenvalue weighted by molar-refractivity contribution is 5.74. The first-order valence-electron chi connectivity index (χ1n) is 6.62. The maximum atomic E-state index is 11.8. The normalized spacial score (nSPS) is 11.8.